The molecule has 3 heterocycles. The molecule has 3 atom stereocenters. The van der Waals surface area contributed by atoms with E-state index in [0.29, 0.717) is 12.1 Å². The largest absolute Gasteiger partial charge is 0.394 e. The predicted molar refractivity (Wildman–Crippen MR) is 56.9 cm³/mol. The van der Waals surface area contributed by atoms with Crippen LogP contribution in [0.2, 0.25) is 0 Å². The minimum Gasteiger partial charge on any atom is -0.394 e. The van der Waals surface area contributed by atoms with Crippen LogP contribution in [0.25, 0.3) is 11.0 Å². The fourth-order valence-electron chi connectivity index (χ4n) is 2.03. The molecule has 2 aromatic rings. The number of fused-ring (bicyclic) bond motifs is 1. The zero-order valence-electron chi connectivity index (χ0n) is 8.97. The van der Waals surface area contributed by atoms with Crippen molar-refractivity contribution in [2.75, 3.05) is 6.61 Å². The van der Waals surface area contributed by atoms with Gasteiger partial charge < -0.3 is 14.9 Å². The molecule has 90 valence electrons. The Balaban J connectivity index is 1.95. The van der Waals surface area contributed by atoms with Crippen LogP contribution in [0.5, 0.6) is 0 Å². The fraction of sp³-hybridized carbons (Fsp3) is 0.500. The average molecular weight is 236 g/mol. The van der Waals surface area contributed by atoms with Crippen molar-refractivity contribution in [1.29, 1.82) is 0 Å². The van der Waals surface area contributed by atoms with Crippen molar-refractivity contribution in [3.63, 3.8) is 0 Å². The first-order valence-electron chi connectivity index (χ1n) is 5.37. The molecule has 1 saturated heterocycles. The number of aromatic nitrogens is 4. The smallest absolute Gasteiger partial charge is 0.163 e. The summed E-state index contributed by atoms with van der Waals surface area (Å²) in [6, 6.07) is 0. The lowest BCUT2D eigenvalue weighted by Gasteiger charge is -2.12. The topological polar surface area (TPSA) is 93.3 Å². The third kappa shape index (κ3) is 1.68. The van der Waals surface area contributed by atoms with Gasteiger partial charge in [0, 0.05) is 12.6 Å². The van der Waals surface area contributed by atoms with Crippen LogP contribution in [-0.4, -0.2) is 48.8 Å². The molecule has 17 heavy (non-hydrogen) atoms. The van der Waals surface area contributed by atoms with E-state index in [4.69, 9.17) is 9.84 Å². The van der Waals surface area contributed by atoms with Crippen LogP contribution in [0.1, 0.15) is 12.6 Å². The third-order valence-corrected chi connectivity index (χ3v) is 2.91. The number of hydrogen-bond donors (Lipinski definition) is 2. The summed E-state index contributed by atoms with van der Waals surface area (Å²) in [5.41, 5.74) is 0.663. The number of aliphatic hydroxyl groups is 2. The molecule has 0 unspecified atom stereocenters. The molecule has 2 N–H and O–H groups in total. The van der Waals surface area contributed by atoms with Gasteiger partial charge in [-0.15, -0.1) is 0 Å². The second-order valence-corrected chi connectivity index (χ2v) is 4.01. The van der Waals surface area contributed by atoms with Gasteiger partial charge in [-0.2, -0.15) is 5.10 Å². The Bertz CT molecular complexity index is 529. The summed E-state index contributed by atoms with van der Waals surface area (Å²) in [6.45, 7) is -0.203. The summed E-state index contributed by atoms with van der Waals surface area (Å²) in [5.74, 6) is 0. The van der Waals surface area contributed by atoms with Crippen LogP contribution >= 0.6 is 0 Å². The lowest BCUT2D eigenvalue weighted by molar-refractivity contribution is -0.0470. The first kappa shape index (κ1) is 10.6. The molecular weight excluding hydrogens is 224 g/mol. The van der Waals surface area contributed by atoms with Gasteiger partial charge in [0.1, 0.15) is 12.4 Å². The zero-order valence-corrected chi connectivity index (χ0v) is 8.97. The molecule has 2 aromatic heterocycles. The van der Waals surface area contributed by atoms with Gasteiger partial charge in [-0.1, -0.05) is 0 Å². The molecule has 0 bridgehead atoms. The maximum atomic E-state index is 9.67. The van der Waals surface area contributed by atoms with Crippen LogP contribution in [-0.2, 0) is 4.74 Å². The van der Waals surface area contributed by atoms with Crippen LogP contribution < -0.4 is 0 Å². The Morgan fingerprint density at radius 2 is 2.35 bits per heavy atom. The summed E-state index contributed by atoms with van der Waals surface area (Å²) < 4.78 is 7.12. The molecule has 0 saturated carbocycles. The van der Waals surface area contributed by atoms with Gasteiger partial charge >= 0.3 is 0 Å². The monoisotopic (exact) mass is 236 g/mol. The molecule has 0 spiro atoms. The SMILES string of the molecule is OC[C@H]1O[C@@H](n2ncc3cncnc32)C[C@@H]1O. The van der Waals surface area contributed by atoms with Gasteiger partial charge in [-0.3, -0.25) is 0 Å². The quantitative estimate of drug-likeness (QED) is 0.728. The van der Waals surface area contributed by atoms with Gasteiger partial charge in [-0.05, 0) is 0 Å². The highest BCUT2D eigenvalue weighted by Crippen LogP contribution is 2.29. The Morgan fingerprint density at radius 3 is 3.12 bits per heavy atom. The van der Waals surface area contributed by atoms with Gasteiger partial charge in [0.25, 0.3) is 0 Å². The molecule has 0 aromatic carbocycles. The van der Waals surface area contributed by atoms with Crippen molar-refractivity contribution >= 4 is 11.0 Å². The Morgan fingerprint density at radius 1 is 1.47 bits per heavy atom. The minimum absolute atomic E-state index is 0.203. The van der Waals surface area contributed by atoms with Crippen molar-refractivity contribution in [2.45, 2.75) is 24.9 Å². The molecule has 0 amide bonds. The molecule has 1 fully saturated rings. The van der Waals surface area contributed by atoms with Crippen LogP contribution in [0, 0.1) is 0 Å². The van der Waals surface area contributed by atoms with E-state index in [2.05, 4.69) is 15.1 Å². The molecular formula is C10H12N4O3. The third-order valence-electron chi connectivity index (χ3n) is 2.91. The van der Waals surface area contributed by atoms with E-state index < -0.39 is 18.4 Å². The summed E-state index contributed by atoms with van der Waals surface area (Å²) in [4.78, 5) is 8.03. The summed E-state index contributed by atoms with van der Waals surface area (Å²) in [5, 5.41) is 23.7. The van der Waals surface area contributed by atoms with E-state index in [1.807, 2.05) is 0 Å². The molecule has 0 aliphatic carbocycles. The predicted octanol–water partition coefficient (Wildman–Crippen LogP) is -0.533. The molecule has 3 rings (SSSR count). The van der Waals surface area contributed by atoms with E-state index in [1.165, 1.54) is 6.33 Å². The zero-order chi connectivity index (χ0) is 11.8. The summed E-state index contributed by atoms with van der Waals surface area (Å²) >= 11 is 0. The van der Waals surface area contributed by atoms with E-state index in [0.717, 1.165) is 5.39 Å². The van der Waals surface area contributed by atoms with Crippen molar-refractivity contribution in [2.24, 2.45) is 0 Å². The van der Waals surface area contributed by atoms with Gasteiger partial charge in [-0.25, -0.2) is 14.6 Å². The second kappa shape index (κ2) is 4.02. The van der Waals surface area contributed by atoms with Gasteiger partial charge in [0.15, 0.2) is 11.9 Å². The number of nitrogens with zero attached hydrogens (tertiary/aromatic N) is 4. The normalized spacial score (nSPS) is 28.9. The lowest BCUT2D eigenvalue weighted by atomic mass is 10.2. The Labute approximate surface area is 96.7 Å². The van der Waals surface area contributed by atoms with E-state index in [9.17, 15) is 5.11 Å². The highest BCUT2D eigenvalue weighted by molar-refractivity contribution is 5.72. The molecule has 1 aliphatic heterocycles. The Kier molecular flexibility index (Phi) is 2.50. The molecule has 1 aliphatic rings. The van der Waals surface area contributed by atoms with E-state index >= 15 is 0 Å². The number of aliphatic hydroxyl groups excluding tert-OH is 2. The second-order valence-electron chi connectivity index (χ2n) is 4.01. The number of rotatable bonds is 2. The maximum absolute atomic E-state index is 9.67. The standard InChI is InChI=1S/C10H12N4O3/c15-4-8-7(16)1-9(17-8)14-10-6(3-13-14)2-11-5-12-10/h2-3,5,7-9,15-16H,1,4H2/t7-,8+,9+/m0/s1. The minimum atomic E-state index is -0.675. The molecule has 7 nitrogen and oxygen atoms in total. The molecule has 7 heteroatoms. The van der Waals surface area contributed by atoms with Crippen molar-refractivity contribution in [3.05, 3.63) is 18.7 Å². The number of ether oxygens (including phenoxy) is 1. The first-order valence-corrected chi connectivity index (χ1v) is 5.37. The fourth-order valence-corrected chi connectivity index (χ4v) is 2.03. The highest BCUT2D eigenvalue weighted by Gasteiger charge is 2.35. The van der Waals surface area contributed by atoms with Crippen LogP contribution in [0.3, 0.4) is 0 Å². The van der Waals surface area contributed by atoms with Crippen LogP contribution in [0.4, 0.5) is 0 Å². The van der Waals surface area contributed by atoms with Crippen molar-refractivity contribution < 1.29 is 14.9 Å². The first-order chi connectivity index (χ1) is 8.29. The highest BCUT2D eigenvalue weighted by atomic mass is 16.5. The van der Waals surface area contributed by atoms with E-state index in [1.54, 1.807) is 17.1 Å². The lowest BCUT2D eigenvalue weighted by Crippen LogP contribution is -2.24. The number of hydrogen-bond acceptors (Lipinski definition) is 6. The molecule has 0 radical (unpaired) electrons. The summed E-state index contributed by atoms with van der Waals surface area (Å²) in [6.07, 6.45) is 3.53. The van der Waals surface area contributed by atoms with Gasteiger partial charge in [0.2, 0.25) is 0 Å². The van der Waals surface area contributed by atoms with E-state index in [-0.39, 0.29) is 6.61 Å². The summed E-state index contributed by atoms with van der Waals surface area (Å²) in [7, 11) is 0. The van der Waals surface area contributed by atoms with Crippen molar-refractivity contribution in [3.8, 4) is 0 Å². The van der Waals surface area contributed by atoms with Gasteiger partial charge in [0.05, 0.1) is 24.3 Å². The Hall–Kier alpha value is -1.57. The maximum Gasteiger partial charge on any atom is 0.163 e. The average Bonchev–Trinajstić information content (AvgIpc) is 2.92. The van der Waals surface area contributed by atoms with Crippen molar-refractivity contribution in [1.82, 2.24) is 19.7 Å². The van der Waals surface area contributed by atoms with Crippen LogP contribution in [0.15, 0.2) is 18.7 Å².